The standard InChI is InChI=1S/C19H17F3N4O.H2/c20-15-10-14(6-8-25-15)24-9-7-16(23)26-17(27)18(11-19(21,22)12-18)13-4-2-1-3-5-13;/h1-10H,11-12H2,(H,24,25)(H2,23,26,27);1H/b9-7-;. The molecule has 1 heterocycles. The first kappa shape index (κ1) is 18.6. The van der Waals surface area contributed by atoms with Crippen LogP contribution >= 0.6 is 0 Å². The van der Waals surface area contributed by atoms with Crippen molar-refractivity contribution in [2.75, 3.05) is 5.32 Å². The third kappa shape index (κ3) is 4.16. The number of carbonyl (C=O) groups excluding carboxylic acids is 1. The highest BCUT2D eigenvalue weighted by molar-refractivity contribution is 6.04. The van der Waals surface area contributed by atoms with Gasteiger partial charge in [-0.1, -0.05) is 30.3 Å². The SMILES string of the molecule is NC(/C=C\Nc1ccnc(F)c1)=NC(=O)C1(c2ccccc2)CC(F)(F)C1.[HH]. The highest BCUT2D eigenvalue weighted by Crippen LogP contribution is 2.54. The summed E-state index contributed by atoms with van der Waals surface area (Å²) in [5.41, 5.74) is 5.27. The Bertz CT molecular complexity index is 895. The smallest absolute Gasteiger partial charge is 0.258 e. The molecule has 1 aromatic carbocycles. The molecule has 1 aromatic heterocycles. The maximum Gasteiger partial charge on any atom is 0.258 e. The molecule has 0 spiro atoms. The summed E-state index contributed by atoms with van der Waals surface area (Å²) in [5.74, 6) is -4.41. The molecule has 1 aliphatic carbocycles. The van der Waals surface area contributed by atoms with Gasteiger partial charge in [0, 0.05) is 38.4 Å². The number of benzene rings is 1. The summed E-state index contributed by atoms with van der Waals surface area (Å²) in [7, 11) is 0. The van der Waals surface area contributed by atoms with Crippen LogP contribution in [-0.2, 0) is 10.2 Å². The number of alkyl halides is 2. The van der Waals surface area contributed by atoms with Crippen molar-refractivity contribution in [3.63, 3.8) is 0 Å². The zero-order valence-electron chi connectivity index (χ0n) is 14.2. The number of nitrogens with zero attached hydrogens (tertiary/aromatic N) is 2. The second-order valence-electron chi connectivity index (χ2n) is 6.34. The zero-order chi connectivity index (χ0) is 19.5. The Hall–Kier alpha value is -3.16. The van der Waals surface area contributed by atoms with Crippen LogP contribution in [0.4, 0.5) is 18.9 Å². The monoisotopic (exact) mass is 376 g/mol. The Morgan fingerprint density at radius 1 is 1.26 bits per heavy atom. The van der Waals surface area contributed by atoms with Gasteiger partial charge < -0.3 is 11.1 Å². The third-order valence-corrected chi connectivity index (χ3v) is 4.32. The summed E-state index contributed by atoms with van der Waals surface area (Å²) < 4.78 is 40.1. The Kier molecular flexibility index (Phi) is 4.98. The number of anilines is 1. The fourth-order valence-electron chi connectivity index (χ4n) is 3.04. The normalized spacial score (nSPS) is 18.1. The predicted octanol–water partition coefficient (Wildman–Crippen LogP) is 3.64. The first-order valence-electron chi connectivity index (χ1n) is 8.17. The summed E-state index contributed by atoms with van der Waals surface area (Å²) in [6.45, 7) is 0. The molecule has 0 radical (unpaired) electrons. The number of hydrogen-bond donors (Lipinski definition) is 2. The number of pyridine rings is 1. The molecule has 27 heavy (non-hydrogen) atoms. The van der Waals surface area contributed by atoms with E-state index in [0.717, 1.165) is 0 Å². The Labute approximate surface area is 155 Å². The minimum atomic E-state index is -2.90. The van der Waals surface area contributed by atoms with E-state index in [1.54, 1.807) is 30.3 Å². The Balaban J connectivity index is 0.00000280. The number of nitrogens with one attached hydrogen (secondary N) is 1. The van der Waals surface area contributed by atoms with Crippen LogP contribution < -0.4 is 11.1 Å². The van der Waals surface area contributed by atoms with E-state index in [1.807, 2.05) is 0 Å². The number of nitrogens with two attached hydrogens (primary N) is 1. The van der Waals surface area contributed by atoms with E-state index < -0.39 is 36.0 Å². The van der Waals surface area contributed by atoms with Crippen molar-refractivity contribution in [1.82, 2.24) is 4.98 Å². The van der Waals surface area contributed by atoms with Gasteiger partial charge in [-0.05, 0) is 17.7 Å². The van der Waals surface area contributed by atoms with Crippen molar-refractivity contribution in [2.24, 2.45) is 10.7 Å². The molecule has 0 saturated heterocycles. The molecule has 1 saturated carbocycles. The number of aliphatic imine (C=N–C) groups is 1. The van der Waals surface area contributed by atoms with Crippen LogP contribution in [0.1, 0.15) is 19.8 Å². The van der Waals surface area contributed by atoms with Crippen molar-refractivity contribution in [1.29, 1.82) is 0 Å². The lowest BCUT2D eigenvalue weighted by Gasteiger charge is -2.45. The molecule has 0 unspecified atom stereocenters. The number of halogens is 3. The van der Waals surface area contributed by atoms with Gasteiger partial charge in [-0.15, -0.1) is 0 Å². The molecule has 2 aromatic rings. The number of carbonyl (C=O) groups is 1. The second-order valence-corrected chi connectivity index (χ2v) is 6.34. The second kappa shape index (κ2) is 7.22. The fourth-order valence-corrected chi connectivity index (χ4v) is 3.04. The average Bonchev–Trinajstić information content (AvgIpc) is 2.60. The van der Waals surface area contributed by atoms with Gasteiger partial charge in [0.05, 0.1) is 5.41 Å². The summed E-state index contributed by atoms with van der Waals surface area (Å²) >= 11 is 0. The molecule has 0 atom stereocenters. The Morgan fingerprint density at radius 3 is 2.59 bits per heavy atom. The van der Waals surface area contributed by atoms with Gasteiger partial charge in [0.1, 0.15) is 5.84 Å². The van der Waals surface area contributed by atoms with Crippen LogP contribution in [0.25, 0.3) is 0 Å². The lowest BCUT2D eigenvalue weighted by molar-refractivity contribution is -0.155. The van der Waals surface area contributed by atoms with Gasteiger partial charge in [0.2, 0.25) is 5.95 Å². The van der Waals surface area contributed by atoms with Crippen LogP contribution in [0.15, 0.2) is 65.9 Å². The summed E-state index contributed by atoms with van der Waals surface area (Å²) in [4.78, 5) is 19.8. The van der Waals surface area contributed by atoms with Gasteiger partial charge in [-0.25, -0.2) is 13.8 Å². The summed E-state index contributed by atoms with van der Waals surface area (Å²) in [5, 5.41) is 2.75. The highest BCUT2D eigenvalue weighted by atomic mass is 19.3. The third-order valence-electron chi connectivity index (χ3n) is 4.32. The predicted molar refractivity (Wildman–Crippen MR) is 98.0 cm³/mol. The molecule has 5 nitrogen and oxygen atoms in total. The minimum absolute atomic E-state index is 0. The first-order valence-corrected chi connectivity index (χ1v) is 8.17. The van der Waals surface area contributed by atoms with E-state index in [1.165, 1.54) is 30.6 Å². The van der Waals surface area contributed by atoms with Crippen LogP contribution in [-0.4, -0.2) is 22.6 Å². The van der Waals surface area contributed by atoms with Crippen LogP contribution in [0.5, 0.6) is 0 Å². The van der Waals surface area contributed by atoms with E-state index in [-0.39, 0.29) is 7.26 Å². The van der Waals surface area contributed by atoms with Crippen LogP contribution in [0.2, 0.25) is 0 Å². The van der Waals surface area contributed by atoms with E-state index in [0.29, 0.717) is 11.3 Å². The molecular weight excluding hydrogens is 357 g/mol. The van der Waals surface area contributed by atoms with E-state index in [2.05, 4.69) is 15.3 Å². The van der Waals surface area contributed by atoms with Crippen molar-refractivity contribution >= 4 is 17.4 Å². The lowest BCUT2D eigenvalue weighted by Crippen LogP contribution is -2.54. The number of amides is 1. The number of hydrogen-bond acceptors (Lipinski definition) is 3. The molecule has 8 heteroatoms. The van der Waals surface area contributed by atoms with Crippen molar-refractivity contribution in [3.8, 4) is 0 Å². The Morgan fingerprint density at radius 2 is 1.96 bits per heavy atom. The van der Waals surface area contributed by atoms with Crippen molar-refractivity contribution < 1.29 is 19.4 Å². The first-order chi connectivity index (χ1) is 12.8. The molecule has 1 fully saturated rings. The van der Waals surface area contributed by atoms with Crippen molar-refractivity contribution in [3.05, 3.63) is 72.4 Å². The number of aromatic nitrogens is 1. The van der Waals surface area contributed by atoms with Gasteiger partial charge in [0.25, 0.3) is 11.8 Å². The maximum absolute atomic E-state index is 13.5. The van der Waals surface area contributed by atoms with Gasteiger partial charge in [0.15, 0.2) is 0 Å². The number of rotatable bonds is 5. The molecular formula is C19H19F3N4O. The topological polar surface area (TPSA) is 80.4 Å². The van der Waals surface area contributed by atoms with E-state index >= 15 is 0 Å². The zero-order valence-corrected chi connectivity index (χ0v) is 14.2. The van der Waals surface area contributed by atoms with Crippen LogP contribution in [0.3, 0.4) is 0 Å². The maximum atomic E-state index is 13.5. The fraction of sp³-hybridized carbons (Fsp3) is 0.211. The van der Waals surface area contributed by atoms with Crippen LogP contribution in [0, 0.1) is 5.95 Å². The number of amidine groups is 1. The molecule has 0 bridgehead atoms. The quantitative estimate of drug-likeness (QED) is 0.474. The van der Waals surface area contributed by atoms with Crippen molar-refractivity contribution in [2.45, 2.75) is 24.2 Å². The van der Waals surface area contributed by atoms with Gasteiger partial charge >= 0.3 is 0 Å². The lowest BCUT2D eigenvalue weighted by atomic mass is 9.61. The largest absolute Gasteiger partial charge is 0.384 e. The van der Waals surface area contributed by atoms with Gasteiger partial charge in [-0.2, -0.15) is 9.38 Å². The molecule has 0 aliphatic heterocycles. The summed E-state index contributed by atoms with van der Waals surface area (Å²) in [6, 6.07) is 11.1. The molecule has 142 valence electrons. The van der Waals surface area contributed by atoms with E-state index in [4.69, 9.17) is 5.73 Å². The molecule has 1 aliphatic rings. The van der Waals surface area contributed by atoms with Gasteiger partial charge in [-0.3, -0.25) is 4.79 Å². The summed E-state index contributed by atoms with van der Waals surface area (Å²) in [6.07, 6.45) is 2.75. The highest BCUT2D eigenvalue weighted by Gasteiger charge is 2.61. The minimum Gasteiger partial charge on any atom is -0.384 e. The molecule has 3 N–H and O–H groups in total. The molecule has 3 rings (SSSR count). The average molecular weight is 376 g/mol. The molecule has 1 amide bonds. The van der Waals surface area contributed by atoms with E-state index in [9.17, 15) is 18.0 Å².